The molecule has 0 bridgehead atoms. The number of aliphatic hydroxyl groups is 1. The topological polar surface area (TPSA) is 38.7 Å². The maximum atomic E-state index is 10.0. The van der Waals surface area contributed by atoms with Crippen molar-refractivity contribution in [2.75, 3.05) is 7.11 Å². The van der Waals surface area contributed by atoms with Crippen LogP contribution in [0.2, 0.25) is 0 Å². The molecule has 0 atom stereocenters. The lowest BCUT2D eigenvalue weighted by atomic mass is 10.2. The highest BCUT2D eigenvalue weighted by molar-refractivity contribution is 7.80. The van der Waals surface area contributed by atoms with Crippen LogP contribution >= 0.6 is 12.2 Å². The van der Waals surface area contributed by atoms with Crippen molar-refractivity contribution in [2.45, 2.75) is 6.61 Å². The lowest BCUT2D eigenvalue weighted by Crippen LogP contribution is -2.00. The van der Waals surface area contributed by atoms with Crippen LogP contribution in [0.25, 0.3) is 5.76 Å². The van der Waals surface area contributed by atoms with Crippen LogP contribution < -0.4 is 4.74 Å². The molecule has 0 unspecified atom stereocenters. The molecule has 1 N–H and O–H groups in total. The van der Waals surface area contributed by atoms with Crippen molar-refractivity contribution in [3.8, 4) is 5.75 Å². The highest BCUT2D eigenvalue weighted by Crippen LogP contribution is 2.17. The molecule has 0 fully saturated rings. The summed E-state index contributed by atoms with van der Waals surface area (Å²) in [5.74, 6) is 0.796. The number of hydrogen-bond acceptors (Lipinski definition) is 4. The van der Waals surface area contributed by atoms with Crippen molar-refractivity contribution in [1.29, 1.82) is 0 Å². The van der Waals surface area contributed by atoms with Crippen LogP contribution in [0.1, 0.15) is 11.1 Å². The minimum absolute atomic E-state index is 0.0655. The van der Waals surface area contributed by atoms with E-state index >= 15 is 0 Å². The molecular weight excluding hydrogens is 284 g/mol. The molecule has 0 aromatic heterocycles. The van der Waals surface area contributed by atoms with E-state index in [1.54, 1.807) is 31.4 Å². The summed E-state index contributed by atoms with van der Waals surface area (Å²) in [4.78, 5) is 0. The SMILES string of the molecule is COc1ccc(/C(O)=C/C(=S)OCc2ccccc2)cc1. The monoisotopic (exact) mass is 300 g/mol. The first-order valence-electron chi connectivity index (χ1n) is 6.45. The number of rotatable bonds is 5. The Labute approximate surface area is 129 Å². The Morgan fingerprint density at radius 2 is 1.76 bits per heavy atom. The summed E-state index contributed by atoms with van der Waals surface area (Å²) < 4.78 is 10.5. The van der Waals surface area contributed by atoms with Gasteiger partial charge in [0.2, 0.25) is 0 Å². The van der Waals surface area contributed by atoms with Crippen molar-refractivity contribution in [3.05, 3.63) is 71.8 Å². The first kappa shape index (κ1) is 15.1. The molecule has 3 nitrogen and oxygen atoms in total. The van der Waals surface area contributed by atoms with Gasteiger partial charge < -0.3 is 14.6 Å². The summed E-state index contributed by atoms with van der Waals surface area (Å²) in [5, 5.41) is 10.2. The van der Waals surface area contributed by atoms with Crippen LogP contribution in [-0.2, 0) is 11.3 Å². The van der Waals surface area contributed by atoms with Gasteiger partial charge in [0, 0.05) is 11.6 Å². The van der Waals surface area contributed by atoms with Crippen molar-refractivity contribution in [3.63, 3.8) is 0 Å². The Morgan fingerprint density at radius 3 is 2.38 bits per heavy atom. The van der Waals surface area contributed by atoms with Crippen molar-refractivity contribution >= 4 is 23.0 Å². The van der Waals surface area contributed by atoms with Gasteiger partial charge in [0.15, 0.2) is 5.05 Å². The molecular formula is C17H16O3S. The molecule has 0 aliphatic carbocycles. The second kappa shape index (κ2) is 7.45. The summed E-state index contributed by atoms with van der Waals surface area (Å²) in [6.07, 6.45) is 1.43. The number of ether oxygens (including phenoxy) is 2. The van der Waals surface area contributed by atoms with Gasteiger partial charge in [-0.2, -0.15) is 0 Å². The van der Waals surface area contributed by atoms with Gasteiger partial charge in [-0.25, -0.2) is 0 Å². The van der Waals surface area contributed by atoms with E-state index in [0.29, 0.717) is 12.2 Å². The summed E-state index contributed by atoms with van der Waals surface area (Å²) in [7, 11) is 1.59. The van der Waals surface area contributed by atoms with Crippen LogP contribution in [0.3, 0.4) is 0 Å². The predicted octanol–water partition coefficient (Wildman–Crippen LogP) is 4.14. The van der Waals surface area contributed by atoms with Gasteiger partial charge in [-0.05, 0) is 42.0 Å². The standard InChI is InChI=1S/C17H16O3S/c1-19-15-9-7-14(8-10-15)16(18)11-17(21)20-12-13-5-3-2-4-6-13/h2-11,18H,12H2,1H3/b16-11-. The zero-order valence-electron chi connectivity index (χ0n) is 11.7. The Morgan fingerprint density at radius 1 is 1.10 bits per heavy atom. The van der Waals surface area contributed by atoms with Gasteiger partial charge in [0.05, 0.1) is 7.11 Å². The first-order valence-corrected chi connectivity index (χ1v) is 6.85. The molecule has 0 saturated carbocycles. The molecule has 0 aliphatic heterocycles. The van der Waals surface area contributed by atoms with Crippen LogP contribution in [0.15, 0.2) is 60.7 Å². The molecule has 0 saturated heterocycles. The van der Waals surface area contributed by atoms with Gasteiger partial charge in [-0.1, -0.05) is 30.3 Å². The average Bonchev–Trinajstić information content (AvgIpc) is 2.54. The average molecular weight is 300 g/mol. The third-order valence-corrected chi connectivity index (χ3v) is 3.10. The highest BCUT2D eigenvalue weighted by Gasteiger charge is 2.02. The Hall–Kier alpha value is -2.33. The van der Waals surface area contributed by atoms with Crippen LogP contribution in [0.5, 0.6) is 5.75 Å². The molecule has 21 heavy (non-hydrogen) atoms. The normalized spacial score (nSPS) is 11.0. The number of hydrogen-bond donors (Lipinski definition) is 1. The predicted molar refractivity (Wildman–Crippen MR) is 87.4 cm³/mol. The van der Waals surface area contributed by atoms with Crippen LogP contribution in [0, 0.1) is 0 Å². The number of aliphatic hydroxyl groups excluding tert-OH is 1. The van der Waals surface area contributed by atoms with Gasteiger partial charge in [-0.3, -0.25) is 0 Å². The first-order chi connectivity index (χ1) is 10.2. The Balaban J connectivity index is 1.95. The Bertz CT molecular complexity index is 618. The molecule has 4 heteroatoms. The van der Waals surface area contributed by atoms with E-state index in [1.807, 2.05) is 30.3 Å². The second-order valence-electron chi connectivity index (χ2n) is 4.35. The van der Waals surface area contributed by atoms with E-state index in [-0.39, 0.29) is 10.8 Å². The second-order valence-corrected chi connectivity index (χ2v) is 4.75. The minimum atomic E-state index is 0.0655. The van der Waals surface area contributed by atoms with Gasteiger partial charge in [-0.15, -0.1) is 0 Å². The van der Waals surface area contributed by atoms with E-state index < -0.39 is 0 Å². The molecule has 0 radical (unpaired) electrons. The lowest BCUT2D eigenvalue weighted by Gasteiger charge is -2.06. The molecule has 0 heterocycles. The van der Waals surface area contributed by atoms with E-state index in [2.05, 4.69) is 0 Å². The van der Waals surface area contributed by atoms with E-state index in [0.717, 1.165) is 11.3 Å². The molecule has 0 aliphatic rings. The van der Waals surface area contributed by atoms with E-state index in [9.17, 15) is 5.11 Å². The molecule has 108 valence electrons. The molecule has 2 aromatic rings. The van der Waals surface area contributed by atoms with Gasteiger partial charge in [0.25, 0.3) is 0 Å². The largest absolute Gasteiger partial charge is 0.507 e. The number of benzene rings is 2. The fourth-order valence-corrected chi connectivity index (χ4v) is 1.90. The minimum Gasteiger partial charge on any atom is -0.507 e. The highest BCUT2D eigenvalue weighted by atomic mass is 32.1. The summed E-state index contributed by atoms with van der Waals surface area (Å²) in [6.45, 7) is 0.381. The number of thiocarbonyl (C=S) groups is 1. The fourth-order valence-electron chi connectivity index (χ4n) is 1.73. The molecule has 0 amide bonds. The van der Waals surface area contributed by atoms with Crippen LogP contribution in [0.4, 0.5) is 0 Å². The maximum Gasteiger partial charge on any atom is 0.187 e. The smallest absolute Gasteiger partial charge is 0.187 e. The van der Waals surface area contributed by atoms with Crippen LogP contribution in [-0.4, -0.2) is 17.3 Å². The van der Waals surface area contributed by atoms with Gasteiger partial charge >= 0.3 is 0 Å². The lowest BCUT2D eigenvalue weighted by molar-refractivity contribution is 0.303. The van der Waals surface area contributed by atoms with Crippen molar-refractivity contribution < 1.29 is 14.6 Å². The third-order valence-electron chi connectivity index (χ3n) is 2.86. The molecule has 2 rings (SSSR count). The van der Waals surface area contributed by atoms with Gasteiger partial charge in [0.1, 0.15) is 18.1 Å². The Kier molecular flexibility index (Phi) is 5.35. The quantitative estimate of drug-likeness (QED) is 0.512. The zero-order chi connectivity index (χ0) is 15.1. The fraction of sp³-hybridized carbons (Fsp3) is 0.118. The third kappa shape index (κ3) is 4.61. The van der Waals surface area contributed by atoms with Crippen molar-refractivity contribution in [2.24, 2.45) is 0 Å². The van der Waals surface area contributed by atoms with E-state index in [4.69, 9.17) is 21.7 Å². The summed E-state index contributed by atoms with van der Waals surface area (Å²) in [6, 6.07) is 16.8. The van der Waals surface area contributed by atoms with E-state index in [1.165, 1.54) is 6.08 Å². The summed E-state index contributed by atoms with van der Waals surface area (Å²) in [5.41, 5.74) is 1.68. The number of methoxy groups -OCH3 is 1. The zero-order valence-corrected chi connectivity index (χ0v) is 12.5. The maximum absolute atomic E-state index is 10.0. The summed E-state index contributed by atoms with van der Waals surface area (Å²) >= 11 is 5.09. The van der Waals surface area contributed by atoms with Crippen molar-refractivity contribution in [1.82, 2.24) is 0 Å². The molecule has 0 spiro atoms. The molecule has 2 aromatic carbocycles.